The number of hydrogen-bond acceptors (Lipinski definition) is 5. The van der Waals surface area contributed by atoms with Gasteiger partial charge >= 0.3 is 5.97 Å². The van der Waals surface area contributed by atoms with E-state index in [0.29, 0.717) is 16.5 Å². The molecule has 1 unspecified atom stereocenters. The SMILES string of the molecule is CCOC(=O)C(C(C)C)n1cc2c(n1)c(=O)[nH]c1cc(CO)ccc12. The Balaban J connectivity index is 2.22. The lowest BCUT2D eigenvalue weighted by Crippen LogP contribution is -2.27. The van der Waals surface area contributed by atoms with Gasteiger partial charge in [-0.25, -0.2) is 4.79 Å². The summed E-state index contributed by atoms with van der Waals surface area (Å²) in [5.74, 6) is -0.409. The van der Waals surface area contributed by atoms with Crippen molar-refractivity contribution in [3.63, 3.8) is 0 Å². The van der Waals surface area contributed by atoms with E-state index in [-0.39, 0.29) is 36.2 Å². The molecule has 7 heteroatoms. The van der Waals surface area contributed by atoms with Crippen LogP contribution in [0.25, 0.3) is 21.8 Å². The standard InChI is InChI=1S/C18H21N3O4/c1-4-25-18(24)16(10(2)3)21-8-13-12-6-5-11(9-22)7-14(12)19-17(23)15(13)20-21/h5-8,10,16,22H,4,9H2,1-3H3,(H,19,23). The molecule has 7 nitrogen and oxygen atoms in total. The van der Waals surface area contributed by atoms with E-state index in [1.165, 1.54) is 4.68 Å². The second kappa shape index (κ2) is 6.68. The number of benzene rings is 1. The first kappa shape index (κ1) is 17.2. The van der Waals surface area contributed by atoms with Gasteiger partial charge in [-0.2, -0.15) is 5.10 Å². The molecule has 2 heterocycles. The van der Waals surface area contributed by atoms with Crippen molar-refractivity contribution in [2.24, 2.45) is 5.92 Å². The summed E-state index contributed by atoms with van der Waals surface area (Å²) >= 11 is 0. The lowest BCUT2D eigenvalue weighted by atomic mass is 10.1. The molecule has 25 heavy (non-hydrogen) atoms. The van der Waals surface area contributed by atoms with Crippen molar-refractivity contribution in [1.82, 2.24) is 14.8 Å². The van der Waals surface area contributed by atoms with E-state index in [1.807, 2.05) is 19.9 Å². The number of pyridine rings is 1. The molecule has 3 aromatic rings. The Morgan fingerprint density at radius 3 is 2.76 bits per heavy atom. The van der Waals surface area contributed by atoms with Gasteiger partial charge < -0.3 is 14.8 Å². The molecule has 1 atom stereocenters. The van der Waals surface area contributed by atoms with Gasteiger partial charge in [-0.1, -0.05) is 26.0 Å². The molecule has 2 N–H and O–H groups in total. The number of carbonyl (C=O) groups is 1. The quantitative estimate of drug-likeness (QED) is 0.692. The van der Waals surface area contributed by atoms with Gasteiger partial charge in [-0.05, 0) is 24.5 Å². The smallest absolute Gasteiger partial charge is 0.331 e. The van der Waals surface area contributed by atoms with Gasteiger partial charge in [0.25, 0.3) is 5.56 Å². The molecule has 0 radical (unpaired) electrons. The molecule has 0 fully saturated rings. The summed E-state index contributed by atoms with van der Waals surface area (Å²) < 4.78 is 6.67. The maximum absolute atomic E-state index is 12.4. The molecule has 132 valence electrons. The number of fused-ring (bicyclic) bond motifs is 3. The molecule has 3 rings (SSSR count). The normalized spacial score (nSPS) is 12.8. The number of aliphatic hydroxyl groups excluding tert-OH is 1. The zero-order valence-corrected chi connectivity index (χ0v) is 14.4. The number of hydrogen-bond donors (Lipinski definition) is 2. The Morgan fingerprint density at radius 1 is 1.36 bits per heavy atom. The second-order valence-corrected chi connectivity index (χ2v) is 6.30. The zero-order chi connectivity index (χ0) is 18.1. The molecule has 0 bridgehead atoms. The average Bonchev–Trinajstić information content (AvgIpc) is 2.99. The van der Waals surface area contributed by atoms with Crippen LogP contribution < -0.4 is 5.56 Å². The third-order valence-corrected chi connectivity index (χ3v) is 4.20. The highest BCUT2D eigenvalue weighted by Gasteiger charge is 2.27. The van der Waals surface area contributed by atoms with Crippen LogP contribution in [0, 0.1) is 5.92 Å². The molecule has 0 spiro atoms. The summed E-state index contributed by atoms with van der Waals surface area (Å²) in [5, 5.41) is 15.1. The van der Waals surface area contributed by atoms with Gasteiger partial charge in [0.15, 0.2) is 11.6 Å². The van der Waals surface area contributed by atoms with Crippen LogP contribution in [-0.4, -0.2) is 32.4 Å². The van der Waals surface area contributed by atoms with E-state index >= 15 is 0 Å². The molecule has 1 aromatic carbocycles. The number of H-pyrrole nitrogens is 1. The van der Waals surface area contributed by atoms with Crippen molar-refractivity contribution in [2.45, 2.75) is 33.4 Å². The number of aromatic amines is 1. The Bertz CT molecular complexity index is 987. The van der Waals surface area contributed by atoms with Gasteiger partial charge in [0.2, 0.25) is 0 Å². The number of aliphatic hydroxyl groups is 1. The third kappa shape index (κ3) is 3.02. The van der Waals surface area contributed by atoms with Crippen molar-refractivity contribution < 1.29 is 14.6 Å². The van der Waals surface area contributed by atoms with E-state index in [1.54, 1.807) is 25.3 Å². The summed E-state index contributed by atoms with van der Waals surface area (Å²) in [5.41, 5.74) is 1.28. The Morgan fingerprint density at radius 2 is 2.12 bits per heavy atom. The number of esters is 1. The predicted octanol–water partition coefficient (Wildman–Crippen LogP) is 2.13. The fourth-order valence-electron chi connectivity index (χ4n) is 3.02. The first-order valence-corrected chi connectivity index (χ1v) is 8.27. The summed E-state index contributed by atoms with van der Waals surface area (Å²) in [6, 6.07) is 4.76. The maximum atomic E-state index is 12.4. The van der Waals surface area contributed by atoms with Crippen LogP contribution >= 0.6 is 0 Å². The average molecular weight is 343 g/mol. The van der Waals surface area contributed by atoms with Crippen molar-refractivity contribution in [3.05, 3.63) is 40.3 Å². The van der Waals surface area contributed by atoms with E-state index in [9.17, 15) is 14.7 Å². The molecular weight excluding hydrogens is 322 g/mol. The van der Waals surface area contributed by atoms with Gasteiger partial charge in [-0.15, -0.1) is 0 Å². The highest BCUT2D eigenvalue weighted by molar-refractivity contribution is 6.03. The highest BCUT2D eigenvalue weighted by atomic mass is 16.5. The van der Waals surface area contributed by atoms with Crippen molar-refractivity contribution >= 4 is 27.8 Å². The minimum absolute atomic E-state index is 0.0419. The monoisotopic (exact) mass is 343 g/mol. The number of carbonyl (C=O) groups excluding carboxylic acids is 1. The summed E-state index contributed by atoms with van der Waals surface area (Å²) in [6.07, 6.45) is 1.72. The van der Waals surface area contributed by atoms with Crippen molar-refractivity contribution in [1.29, 1.82) is 0 Å². The fraction of sp³-hybridized carbons (Fsp3) is 0.389. The lowest BCUT2D eigenvalue weighted by Gasteiger charge is -2.19. The topological polar surface area (TPSA) is 97.2 Å². The van der Waals surface area contributed by atoms with E-state index in [0.717, 1.165) is 5.39 Å². The van der Waals surface area contributed by atoms with Crippen LogP contribution in [-0.2, 0) is 16.1 Å². The second-order valence-electron chi connectivity index (χ2n) is 6.30. The number of aromatic nitrogens is 3. The van der Waals surface area contributed by atoms with Gasteiger partial charge in [0.1, 0.15) is 0 Å². The Hall–Kier alpha value is -2.67. The minimum atomic E-state index is -0.599. The largest absolute Gasteiger partial charge is 0.464 e. The van der Waals surface area contributed by atoms with Crippen LogP contribution in [0.2, 0.25) is 0 Å². The minimum Gasteiger partial charge on any atom is -0.464 e. The lowest BCUT2D eigenvalue weighted by molar-refractivity contribution is -0.148. The van der Waals surface area contributed by atoms with Gasteiger partial charge in [0.05, 0.1) is 13.2 Å². The van der Waals surface area contributed by atoms with Crippen LogP contribution in [0.15, 0.2) is 29.2 Å². The number of nitrogens with one attached hydrogen (secondary N) is 1. The molecule has 0 saturated carbocycles. The first-order valence-electron chi connectivity index (χ1n) is 8.27. The van der Waals surface area contributed by atoms with Crippen LogP contribution in [0.5, 0.6) is 0 Å². The summed E-state index contributed by atoms with van der Waals surface area (Å²) in [7, 11) is 0. The van der Waals surface area contributed by atoms with Crippen LogP contribution in [0.3, 0.4) is 0 Å². The summed E-state index contributed by atoms with van der Waals surface area (Å²) in [4.78, 5) is 27.5. The molecule has 0 aliphatic heterocycles. The molecule has 0 amide bonds. The Kier molecular flexibility index (Phi) is 4.59. The van der Waals surface area contributed by atoms with Gasteiger partial charge in [-0.3, -0.25) is 9.48 Å². The van der Waals surface area contributed by atoms with Crippen molar-refractivity contribution in [3.8, 4) is 0 Å². The fourth-order valence-corrected chi connectivity index (χ4v) is 3.02. The summed E-state index contributed by atoms with van der Waals surface area (Å²) in [6.45, 7) is 5.75. The molecule has 0 saturated heterocycles. The first-order chi connectivity index (χ1) is 12.0. The molecule has 2 aromatic heterocycles. The van der Waals surface area contributed by atoms with Crippen LogP contribution in [0.4, 0.5) is 0 Å². The number of nitrogens with zero attached hydrogens (tertiary/aromatic N) is 2. The van der Waals surface area contributed by atoms with E-state index < -0.39 is 6.04 Å². The highest BCUT2D eigenvalue weighted by Crippen LogP contribution is 2.25. The molecule has 0 aliphatic carbocycles. The third-order valence-electron chi connectivity index (χ3n) is 4.20. The van der Waals surface area contributed by atoms with Crippen molar-refractivity contribution in [2.75, 3.05) is 6.61 Å². The number of ether oxygens (including phenoxy) is 1. The molecule has 0 aliphatic rings. The number of rotatable bonds is 5. The van der Waals surface area contributed by atoms with E-state index in [4.69, 9.17) is 4.74 Å². The van der Waals surface area contributed by atoms with Gasteiger partial charge in [0, 0.05) is 22.5 Å². The maximum Gasteiger partial charge on any atom is 0.331 e. The molecular formula is C18H21N3O4. The van der Waals surface area contributed by atoms with Crippen LogP contribution in [0.1, 0.15) is 32.4 Å². The predicted molar refractivity (Wildman–Crippen MR) is 94.3 cm³/mol. The zero-order valence-electron chi connectivity index (χ0n) is 14.4. The van der Waals surface area contributed by atoms with E-state index in [2.05, 4.69) is 10.1 Å². The Labute approximate surface area is 144 Å².